The van der Waals surface area contributed by atoms with Crippen LogP contribution in [0.2, 0.25) is 0 Å². The Kier molecular flexibility index (Phi) is 6.12. The lowest BCUT2D eigenvalue weighted by Crippen LogP contribution is -2.46. The van der Waals surface area contributed by atoms with Gasteiger partial charge in [0.05, 0.1) is 5.56 Å². The van der Waals surface area contributed by atoms with Gasteiger partial charge in [-0.15, -0.1) is 11.8 Å². The van der Waals surface area contributed by atoms with Gasteiger partial charge in [-0.2, -0.15) is 0 Å². The van der Waals surface area contributed by atoms with Crippen LogP contribution in [0.4, 0.5) is 0 Å². The number of benzene rings is 1. The molecular weight excluding hydrogens is 280 g/mol. The molecule has 0 saturated carbocycles. The summed E-state index contributed by atoms with van der Waals surface area (Å²) < 4.78 is 0. The van der Waals surface area contributed by atoms with Crippen LogP contribution in [-0.4, -0.2) is 42.7 Å². The highest BCUT2D eigenvalue weighted by molar-refractivity contribution is 7.98. The molecule has 1 aromatic rings. The van der Waals surface area contributed by atoms with Gasteiger partial charge >= 0.3 is 0 Å². The molecule has 2 rings (SSSR count). The largest absolute Gasteiger partial charge is 0.350 e. The van der Waals surface area contributed by atoms with Crippen molar-refractivity contribution in [3.63, 3.8) is 0 Å². The maximum absolute atomic E-state index is 12.3. The third-order valence-electron chi connectivity index (χ3n) is 4.22. The van der Waals surface area contributed by atoms with E-state index in [0.717, 1.165) is 29.5 Å². The van der Waals surface area contributed by atoms with Gasteiger partial charge in [-0.25, -0.2) is 0 Å². The van der Waals surface area contributed by atoms with Crippen LogP contribution < -0.4 is 5.32 Å². The molecule has 0 aromatic heterocycles. The van der Waals surface area contributed by atoms with Crippen molar-refractivity contribution in [2.24, 2.45) is 5.92 Å². The minimum atomic E-state index is 0.0388. The minimum absolute atomic E-state index is 0.0388. The molecule has 0 unspecified atom stereocenters. The molecule has 1 aliphatic heterocycles. The summed E-state index contributed by atoms with van der Waals surface area (Å²) in [5.41, 5.74) is 0.782. The summed E-state index contributed by atoms with van der Waals surface area (Å²) in [6.45, 7) is 7.54. The summed E-state index contributed by atoms with van der Waals surface area (Å²) in [7, 11) is 0. The molecule has 1 N–H and O–H groups in total. The Hall–Kier alpha value is -1.00. The average molecular weight is 306 g/mol. The number of nitrogens with one attached hydrogen (secondary N) is 1. The molecule has 0 spiro atoms. The van der Waals surface area contributed by atoms with Crippen molar-refractivity contribution in [1.82, 2.24) is 10.2 Å². The van der Waals surface area contributed by atoms with Gasteiger partial charge in [0, 0.05) is 24.0 Å². The number of rotatable bonds is 5. The summed E-state index contributed by atoms with van der Waals surface area (Å²) in [5, 5.41) is 3.09. The van der Waals surface area contributed by atoms with E-state index in [2.05, 4.69) is 24.1 Å². The number of hydrogen-bond acceptors (Lipinski definition) is 3. The number of carbonyl (C=O) groups is 1. The van der Waals surface area contributed by atoms with Crippen molar-refractivity contribution in [3.8, 4) is 0 Å². The Balaban J connectivity index is 1.88. The molecule has 1 fully saturated rings. The first-order valence-electron chi connectivity index (χ1n) is 7.77. The summed E-state index contributed by atoms with van der Waals surface area (Å²) >= 11 is 1.62. The van der Waals surface area contributed by atoms with Crippen LogP contribution in [0.1, 0.15) is 37.0 Å². The van der Waals surface area contributed by atoms with Gasteiger partial charge in [0.15, 0.2) is 0 Å². The predicted octanol–water partition coefficient (Wildman–Crippen LogP) is 3.26. The molecule has 21 heavy (non-hydrogen) atoms. The second kappa shape index (κ2) is 7.85. The van der Waals surface area contributed by atoms with Gasteiger partial charge in [0.2, 0.25) is 0 Å². The highest BCUT2D eigenvalue weighted by Gasteiger charge is 2.21. The lowest BCUT2D eigenvalue weighted by molar-refractivity contribution is 0.0914. The number of amides is 1. The quantitative estimate of drug-likeness (QED) is 0.848. The summed E-state index contributed by atoms with van der Waals surface area (Å²) in [4.78, 5) is 15.9. The second-order valence-corrected chi connectivity index (χ2v) is 6.85. The Morgan fingerprint density at radius 2 is 2.24 bits per heavy atom. The molecule has 1 aliphatic rings. The molecule has 1 heterocycles. The maximum Gasteiger partial charge on any atom is 0.252 e. The highest BCUT2D eigenvalue weighted by Crippen LogP contribution is 2.20. The molecule has 0 aliphatic carbocycles. The van der Waals surface area contributed by atoms with Crippen LogP contribution in [0.5, 0.6) is 0 Å². The third-order valence-corrected chi connectivity index (χ3v) is 5.02. The number of nitrogens with zero attached hydrogens (tertiary/aromatic N) is 1. The Labute approximate surface area is 132 Å². The van der Waals surface area contributed by atoms with Crippen molar-refractivity contribution in [2.75, 3.05) is 25.9 Å². The van der Waals surface area contributed by atoms with E-state index in [9.17, 15) is 4.79 Å². The first-order valence-corrected chi connectivity index (χ1v) is 8.99. The first kappa shape index (κ1) is 16.4. The Morgan fingerprint density at radius 3 is 2.95 bits per heavy atom. The standard InChI is InChI=1S/C17H26N2OS/c1-13-7-6-10-19(12-13)14(2)11-18-17(20)15-8-4-5-9-16(15)21-3/h4-5,8-9,13-14H,6-7,10-12H2,1-3H3,(H,18,20)/t13-,14+/m1/s1. The molecule has 4 heteroatoms. The SMILES string of the molecule is CSc1ccccc1C(=O)NC[C@H](C)N1CCC[C@@H](C)C1. The summed E-state index contributed by atoms with van der Waals surface area (Å²) in [6.07, 6.45) is 4.61. The number of hydrogen-bond donors (Lipinski definition) is 1. The fraction of sp³-hybridized carbons (Fsp3) is 0.588. The monoisotopic (exact) mass is 306 g/mol. The van der Waals surface area contributed by atoms with E-state index < -0.39 is 0 Å². The summed E-state index contributed by atoms with van der Waals surface area (Å²) in [5.74, 6) is 0.811. The van der Waals surface area contributed by atoms with Crippen LogP contribution >= 0.6 is 11.8 Å². The van der Waals surface area contributed by atoms with Crippen molar-refractivity contribution < 1.29 is 4.79 Å². The van der Waals surface area contributed by atoms with E-state index in [0.29, 0.717) is 12.6 Å². The zero-order chi connectivity index (χ0) is 15.2. The molecular formula is C17H26N2OS. The van der Waals surface area contributed by atoms with Crippen molar-refractivity contribution in [2.45, 2.75) is 37.6 Å². The fourth-order valence-corrected chi connectivity index (χ4v) is 3.52. The minimum Gasteiger partial charge on any atom is -0.350 e. The van der Waals surface area contributed by atoms with Gasteiger partial charge in [0.25, 0.3) is 5.91 Å². The van der Waals surface area contributed by atoms with Crippen LogP contribution in [-0.2, 0) is 0 Å². The smallest absolute Gasteiger partial charge is 0.252 e. The van der Waals surface area contributed by atoms with Gasteiger partial charge in [-0.3, -0.25) is 9.69 Å². The predicted molar refractivity (Wildman–Crippen MR) is 90.0 cm³/mol. The molecule has 2 atom stereocenters. The van der Waals surface area contributed by atoms with E-state index in [1.165, 1.54) is 12.8 Å². The van der Waals surface area contributed by atoms with Crippen molar-refractivity contribution in [3.05, 3.63) is 29.8 Å². The van der Waals surface area contributed by atoms with Gasteiger partial charge in [-0.05, 0) is 50.6 Å². The molecule has 1 amide bonds. The highest BCUT2D eigenvalue weighted by atomic mass is 32.2. The molecule has 0 radical (unpaired) electrons. The van der Waals surface area contributed by atoms with E-state index in [4.69, 9.17) is 0 Å². The van der Waals surface area contributed by atoms with Crippen molar-refractivity contribution in [1.29, 1.82) is 0 Å². The van der Waals surface area contributed by atoms with E-state index in [1.54, 1.807) is 11.8 Å². The Bertz CT molecular complexity index is 478. The van der Waals surface area contributed by atoms with Crippen molar-refractivity contribution >= 4 is 17.7 Å². The number of carbonyl (C=O) groups excluding carboxylic acids is 1. The molecule has 1 aromatic carbocycles. The maximum atomic E-state index is 12.3. The Morgan fingerprint density at radius 1 is 1.48 bits per heavy atom. The van der Waals surface area contributed by atoms with Gasteiger partial charge < -0.3 is 5.32 Å². The second-order valence-electron chi connectivity index (χ2n) is 6.00. The average Bonchev–Trinajstić information content (AvgIpc) is 2.52. The van der Waals surface area contributed by atoms with E-state index in [-0.39, 0.29) is 5.91 Å². The van der Waals surface area contributed by atoms with Crippen LogP contribution in [0, 0.1) is 5.92 Å². The topological polar surface area (TPSA) is 32.3 Å². The molecule has 3 nitrogen and oxygen atoms in total. The third kappa shape index (κ3) is 4.48. The van der Waals surface area contributed by atoms with E-state index in [1.807, 2.05) is 30.5 Å². The lowest BCUT2D eigenvalue weighted by atomic mass is 9.99. The number of piperidine rings is 1. The molecule has 1 saturated heterocycles. The number of thioether (sulfide) groups is 1. The van der Waals surface area contributed by atoms with E-state index >= 15 is 0 Å². The number of likely N-dealkylation sites (tertiary alicyclic amines) is 1. The zero-order valence-electron chi connectivity index (χ0n) is 13.3. The zero-order valence-corrected chi connectivity index (χ0v) is 14.1. The lowest BCUT2D eigenvalue weighted by Gasteiger charge is -2.35. The van der Waals surface area contributed by atoms with Gasteiger partial charge in [-0.1, -0.05) is 19.1 Å². The van der Waals surface area contributed by atoms with Crippen LogP contribution in [0.15, 0.2) is 29.2 Å². The van der Waals surface area contributed by atoms with Crippen LogP contribution in [0.3, 0.4) is 0 Å². The van der Waals surface area contributed by atoms with Gasteiger partial charge in [0.1, 0.15) is 0 Å². The summed E-state index contributed by atoms with van der Waals surface area (Å²) in [6, 6.07) is 8.19. The van der Waals surface area contributed by atoms with Crippen LogP contribution in [0.25, 0.3) is 0 Å². The molecule has 116 valence electrons. The normalized spacial score (nSPS) is 21.0. The fourth-order valence-electron chi connectivity index (χ4n) is 2.92. The molecule has 0 bridgehead atoms. The first-order chi connectivity index (χ1) is 10.1.